The third-order valence-electron chi connectivity index (χ3n) is 3.75. The average Bonchev–Trinajstić information content (AvgIpc) is 3.02. The Morgan fingerprint density at radius 3 is 2.58 bits per heavy atom. The lowest BCUT2D eigenvalue weighted by Crippen LogP contribution is -2.31. The van der Waals surface area contributed by atoms with Gasteiger partial charge < -0.3 is 19.4 Å². The van der Waals surface area contributed by atoms with Gasteiger partial charge in [-0.05, 0) is 41.8 Å². The van der Waals surface area contributed by atoms with E-state index in [0.29, 0.717) is 19.7 Å². The van der Waals surface area contributed by atoms with Crippen molar-refractivity contribution < 1.29 is 14.3 Å². The van der Waals surface area contributed by atoms with Crippen molar-refractivity contribution in [3.63, 3.8) is 0 Å². The van der Waals surface area contributed by atoms with Gasteiger partial charge in [-0.15, -0.1) is 0 Å². The van der Waals surface area contributed by atoms with Crippen LogP contribution in [0.2, 0.25) is 0 Å². The number of hydrogen-bond donors (Lipinski definition) is 1. The van der Waals surface area contributed by atoms with Crippen molar-refractivity contribution in [3.05, 3.63) is 60.8 Å². The van der Waals surface area contributed by atoms with Crippen molar-refractivity contribution in [2.45, 2.75) is 6.54 Å². The van der Waals surface area contributed by atoms with E-state index in [0.717, 1.165) is 22.4 Å². The molecule has 0 aliphatic carbocycles. The molecule has 3 aromatic rings. The molecule has 0 atom stereocenters. The second-order valence-electron chi connectivity index (χ2n) is 5.38. The predicted molar refractivity (Wildman–Crippen MR) is 93.4 cm³/mol. The van der Waals surface area contributed by atoms with Gasteiger partial charge in [0.1, 0.15) is 24.7 Å². The molecule has 0 bridgehead atoms. The Hall–Kier alpha value is -2.95. The number of nitrogens with one attached hydrogen (secondary N) is 1. The summed E-state index contributed by atoms with van der Waals surface area (Å²) >= 11 is 0. The van der Waals surface area contributed by atoms with E-state index >= 15 is 0 Å². The van der Waals surface area contributed by atoms with Gasteiger partial charge in [0.25, 0.3) is 0 Å². The second-order valence-corrected chi connectivity index (χ2v) is 5.38. The summed E-state index contributed by atoms with van der Waals surface area (Å²) in [6.45, 7) is 1.19. The molecule has 24 heavy (non-hydrogen) atoms. The minimum atomic E-state index is -0.0327. The van der Waals surface area contributed by atoms with Crippen LogP contribution in [0.15, 0.2) is 60.8 Å². The van der Waals surface area contributed by atoms with E-state index in [-0.39, 0.29) is 5.91 Å². The fourth-order valence-electron chi connectivity index (χ4n) is 2.52. The van der Waals surface area contributed by atoms with E-state index < -0.39 is 0 Å². The van der Waals surface area contributed by atoms with Crippen LogP contribution in [0.3, 0.4) is 0 Å². The molecule has 0 spiro atoms. The number of carbonyl (C=O) groups excluding carboxylic acids is 1. The maximum atomic E-state index is 12.0. The number of fused-ring (bicyclic) bond motifs is 1. The zero-order valence-corrected chi connectivity index (χ0v) is 13.6. The highest BCUT2D eigenvalue weighted by Crippen LogP contribution is 2.17. The molecular formula is C19H20N2O3. The number of hydrogen-bond acceptors (Lipinski definition) is 3. The van der Waals surface area contributed by atoms with Crippen LogP contribution in [0.25, 0.3) is 10.9 Å². The molecule has 0 unspecified atom stereocenters. The Bertz CT molecular complexity index is 809. The fraction of sp³-hybridized carbons (Fsp3) is 0.211. The molecule has 0 saturated heterocycles. The quantitative estimate of drug-likeness (QED) is 0.680. The first-order valence-corrected chi connectivity index (χ1v) is 7.84. The Labute approximate surface area is 140 Å². The number of carbonyl (C=O) groups is 1. The van der Waals surface area contributed by atoms with Crippen LogP contribution in [0.5, 0.6) is 11.5 Å². The summed E-state index contributed by atoms with van der Waals surface area (Å²) in [7, 11) is 1.62. The molecule has 1 amide bonds. The normalized spacial score (nSPS) is 10.5. The lowest BCUT2D eigenvalue weighted by Gasteiger charge is -2.09. The van der Waals surface area contributed by atoms with Gasteiger partial charge in [-0.3, -0.25) is 4.79 Å². The topological polar surface area (TPSA) is 52.5 Å². The summed E-state index contributed by atoms with van der Waals surface area (Å²) in [5, 5.41) is 4.00. The molecule has 1 N–H and O–H groups in total. The van der Waals surface area contributed by atoms with Crippen LogP contribution in [0.1, 0.15) is 0 Å². The van der Waals surface area contributed by atoms with Gasteiger partial charge in [-0.1, -0.05) is 18.2 Å². The van der Waals surface area contributed by atoms with Crippen molar-refractivity contribution in [2.24, 2.45) is 0 Å². The highest BCUT2D eigenvalue weighted by molar-refractivity contribution is 5.83. The lowest BCUT2D eigenvalue weighted by atomic mass is 10.2. The molecule has 5 nitrogen and oxygen atoms in total. The molecule has 3 rings (SSSR count). The Morgan fingerprint density at radius 2 is 1.79 bits per heavy atom. The third kappa shape index (κ3) is 3.87. The molecular weight excluding hydrogens is 304 g/mol. The van der Waals surface area contributed by atoms with E-state index in [1.807, 2.05) is 65.4 Å². The Morgan fingerprint density at radius 1 is 1.04 bits per heavy atom. The zero-order chi connectivity index (χ0) is 16.8. The summed E-state index contributed by atoms with van der Waals surface area (Å²) in [6.07, 6.45) is 1.93. The standard InChI is InChI=1S/C19H20N2O3/c1-23-16-6-8-17(9-7-16)24-13-11-20-19(22)14-21-12-10-15-4-2-3-5-18(15)21/h2-10,12H,11,13-14H2,1H3,(H,20,22). The number of aromatic nitrogens is 1. The van der Waals surface area contributed by atoms with Gasteiger partial charge in [0.05, 0.1) is 13.7 Å². The van der Waals surface area contributed by atoms with Crippen molar-refractivity contribution >= 4 is 16.8 Å². The number of nitrogens with zero attached hydrogens (tertiary/aromatic N) is 1. The van der Waals surface area contributed by atoms with Gasteiger partial charge in [-0.25, -0.2) is 0 Å². The Kier molecular flexibility index (Phi) is 5.01. The first kappa shape index (κ1) is 15.9. The minimum Gasteiger partial charge on any atom is -0.497 e. The number of benzene rings is 2. The van der Waals surface area contributed by atoms with Crippen molar-refractivity contribution in [1.29, 1.82) is 0 Å². The van der Waals surface area contributed by atoms with Crippen molar-refractivity contribution in [3.8, 4) is 11.5 Å². The molecule has 0 saturated carbocycles. The smallest absolute Gasteiger partial charge is 0.240 e. The molecule has 0 aliphatic heterocycles. The number of ether oxygens (including phenoxy) is 2. The highest BCUT2D eigenvalue weighted by Gasteiger charge is 2.05. The lowest BCUT2D eigenvalue weighted by molar-refractivity contribution is -0.121. The van der Waals surface area contributed by atoms with E-state index in [2.05, 4.69) is 5.32 Å². The summed E-state index contributed by atoms with van der Waals surface area (Å²) in [5.74, 6) is 1.51. The van der Waals surface area contributed by atoms with Crippen molar-refractivity contribution in [1.82, 2.24) is 9.88 Å². The van der Waals surface area contributed by atoms with Crippen LogP contribution < -0.4 is 14.8 Å². The van der Waals surface area contributed by atoms with Crippen LogP contribution in [-0.2, 0) is 11.3 Å². The molecule has 1 heterocycles. The summed E-state index contributed by atoms with van der Waals surface area (Å²) < 4.78 is 12.6. The minimum absolute atomic E-state index is 0.0327. The zero-order valence-electron chi connectivity index (χ0n) is 13.6. The summed E-state index contributed by atoms with van der Waals surface area (Å²) in [5.41, 5.74) is 1.06. The van der Waals surface area contributed by atoms with Gasteiger partial charge in [-0.2, -0.15) is 0 Å². The SMILES string of the molecule is COc1ccc(OCCNC(=O)Cn2ccc3ccccc32)cc1. The molecule has 1 aromatic heterocycles. The maximum absolute atomic E-state index is 12.0. The maximum Gasteiger partial charge on any atom is 0.240 e. The van der Waals surface area contributed by atoms with Gasteiger partial charge in [0.2, 0.25) is 5.91 Å². The Balaban J connectivity index is 1.44. The summed E-state index contributed by atoms with van der Waals surface area (Å²) in [6, 6.07) is 17.4. The van der Waals surface area contributed by atoms with Gasteiger partial charge >= 0.3 is 0 Å². The average molecular weight is 324 g/mol. The molecule has 0 fully saturated rings. The van der Waals surface area contributed by atoms with Gasteiger partial charge in [0.15, 0.2) is 0 Å². The second kappa shape index (κ2) is 7.55. The van der Waals surface area contributed by atoms with Crippen LogP contribution in [0.4, 0.5) is 0 Å². The van der Waals surface area contributed by atoms with E-state index in [4.69, 9.17) is 9.47 Å². The highest BCUT2D eigenvalue weighted by atomic mass is 16.5. The monoisotopic (exact) mass is 324 g/mol. The largest absolute Gasteiger partial charge is 0.497 e. The van der Waals surface area contributed by atoms with Crippen LogP contribution in [-0.4, -0.2) is 30.7 Å². The molecule has 2 aromatic carbocycles. The number of amides is 1. The molecule has 5 heteroatoms. The fourth-order valence-corrected chi connectivity index (χ4v) is 2.52. The molecule has 0 radical (unpaired) electrons. The molecule has 124 valence electrons. The van der Waals surface area contributed by atoms with Crippen molar-refractivity contribution in [2.75, 3.05) is 20.3 Å². The predicted octanol–water partition coefficient (Wildman–Crippen LogP) is 2.85. The van der Waals surface area contributed by atoms with Gasteiger partial charge in [0, 0.05) is 11.7 Å². The molecule has 0 aliphatic rings. The van der Waals surface area contributed by atoms with Crippen LogP contribution in [0, 0.1) is 0 Å². The van der Waals surface area contributed by atoms with Crippen LogP contribution >= 0.6 is 0 Å². The number of para-hydroxylation sites is 1. The third-order valence-corrected chi connectivity index (χ3v) is 3.75. The van der Waals surface area contributed by atoms with E-state index in [9.17, 15) is 4.79 Å². The van der Waals surface area contributed by atoms with E-state index in [1.54, 1.807) is 7.11 Å². The number of rotatable bonds is 7. The first-order valence-electron chi connectivity index (χ1n) is 7.84. The first-order chi connectivity index (χ1) is 11.8. The van der Waals surface area contributed by atoms with E-state index in [1.165, 1.54) is 0 Å². The number of methoxy groups -OCH3 is 1. The summed E-state index contributed by atoms with van der Waals surface area (Å²) in [4.78, 5) is 12.0.